The highest BCUT2D eigenvalue weighted by Crippen LogP contribution is 2.32. The number of hydrogen-bond acceptors (Lipinski definition) is 4. The minimum Gasteiger partial charge on any atom is -0.397 e. The molecule has 1 aliphatic rings. The largest absolute Gasteiger partial charge is 0.397 e. The summed E-state index contributed by atoms with van der Waals surface area (Å²) in [6.07, 6.45) is 3.26. The van der Waals surface area contributed by atoms with Crippen LogP contribution in [0.4, 0.5) is 11.4 Å². The summed E-state index contributed by atoms with van der Waals surface area (Å²) in [7, 11) is 2.05. The lowest BCUT2D eigenvalue weighted by molar-refractivity contribution is -0.125. The van der Waals surface area contributed by atoms with Gasteiger partial charge in [0.15, 0.2) is 0 Å². The predicted octanol–water partition coefficient (Wildman–Crippen LogP) is 3.09. The van der Waals surface area contributed by atoms with Crippen LogP contribution >= 0.6 is 0 Å². The molecule has 6 nitrogen and oxygen atoms in total. The van der Waals surface area contributed by atoms with E-state index < -0.39 is 0 Å². The molecule has 3 rings (SSSR count). The highest BCUT2D eigenvalue weighted by atomic mass is 16.2. The van der Waals surface area contributed by atoms with E-state index in [-0.39, 0.29) is 29.7 Å². The van der Waals surface area contributed by atoms with Crippen LogP contribution in [-0.2, 0) is 9.59 Å². The Morgan fingerprint density at radius 3 is 2.47 bits per heavy atom. The van der Waals surface area contributed by atoms with Gasteiger partial charge in [0.1, 0.15) is 0 Å². The van der Waals surface area contributed by atoms with Crippen molar-refractivity contribution in [2.45, 2.75) is 25.8 Å². The van der Waals surface area contributed by atoms with E-state index in [1.54, 1.807) is 18.2 Å². The van der Waals surface area contributed by atoms with Gasteiger partial charge in [-0.2, -0.15) is 0 Å². The molecule has 1 fully saturated rings. The Balaban J connectivity index is 1.65. The van der Waals surface area contributed by atoms with Gasteiger partial charge in [-0.3, -0.25) is 9.59 Å². The van der Waals surface area contributed by atoms with Crippen molar-refractivity contribution in [2.24, 2.45) is 5.92 Å². The average molecular weight is 407 g/mol. The SMILES string of the molecule is CC(C)NC(=O)[C@H]1CN(C)C[C@@H]1c1ccc(/C=C/C(=O)Nc2ccccc2N)cc1. The molecular weight excluding hydrogens is 376 g/mol. The van der Waals surface area contributed by atoms with E-state index in [0.717, 1.165) is 24.2 Å². The monoisotopic (exact) mass is 406 g/mol. The molecule has 0 spiro atoms. The smallest absolute Gasteiger partial charge is 0.248 e. The third-order valence-corrected chi connectivity index (χ3v) is 5.28. The average Bonchev–Trinajstić information content (AvgIpc) is 3.10. The quantitative estimate of drug-likeness (QED) is 0.508. The number of amides is 2. The first-order valence-corrected chi connectivity index (χ1v) is 10.3. The summed E-state index contributed by atoms with van der Waals surface area (Å²) in [6, 6.07) is 15.3. The molecule has 1 aliphatic heterocycles. The second kappa shape index (κ2) is 9.59. The maximum atomic E-state index is 12.6. The highest BCUT2D eigenvalue weighted by molar-refractivity contribution is 6.03. The van der Waals surface area contributed by atoms with Crippen molar-refractivity contribution in [3.8, 4) is 0 Å². The number of carbonyl (C=O) groups excluding carboxylic acids is 2. The summed E-state index contributed by atoms with van der Waals surface area (Å²) < 4.78 is 0. The van der Waals surface area contributed by atoms with Crippen molar-refractivity contribution in [1.29, 1.82) is 0 Å². The Kier molecular flexibility index (Phi) is 6.90. The zero-order chi connectivity index (χ0) is 21.7. The number of benzene rings is 2. The van der Waals surface area contributed by atoms with Gasteiger partial charge in [-0.25, -0.2) is 0 Å². The van der Waals surface area contributed by atoms with Crippen LogP contribution in [0.1, 0.15) is 30.9 Å². The molecule has 158 valence electrons. The highest BCUT2D eigenvalue weighted by Gasteiger charge is 2.36. The van der Waals surface area contributed by atoms with Crippen LogP contribution in [0.25, 0.3) is 6.08 Å². The molecule has 30 heavy (non-hydrogen) atoms. The molecule has 6 heteroatoms. The summed E-state index contributed by atoms with van der Waals surface area (Å²) in [5.74, 6) is -0.0166. The van der Waals surface area contributed by atoms with E-state index in [9.17, 15) is 9.59 Å². The molecule has 2 aromatic rings. The maximum Gasteiger partial charge on any atom is 0.248 e. The Labute approximate surface area is 178 Å². The van der Waals surface area contributed by atoms with E-state index >= 15 is 0 Å². The molecule has 0 saturated carbocycles. The van der Waals surface area contributed by atoms with Crippen LogP contribution in [0, 0.1) is 5.92 Å². The van der Waals surface area contributed by atoms with Crippen molar-refractivity contribution in [1.82, 2.24) is 10.2 Å². The van der Waals surface area contributed by atoms with Crippen molar-refractivity contribution < 1.29 is 9.59 Å². The number of nitrogens with zero attached hydrogens (tertiary/aromatic N) is 1. The topological polar surface area (TPSA) is 87.5 Å². The summed E-state index contributed by atoms with van der Waals surface area (Å²) in [5.41, 5.74) is 9.04. The minimum atomic E-state index is -0.236. The Bertz CT molecular complexity index is 921. The van der Waals surface area contributed by atoms with Crippen LogP contribution in [0.2, 0.25) is 0 Å². The van der Waals surface area contributed by atoms with Crippen LogP contribution in [0.5, 0.6) is 0 Å². The normalized spacial score (nSPS) is 19.3. The third kappa shape index (κ3) is 5.48. The molecule has 1 heterocycles. The molecule has 0 radical (unpaired) electrons. The zero-order valence-corrected chi connectivity index (χ0v) is 17.8. The van der Waals surface area contributed by atoms with Gasteiger partial charge in [0.2, 0.25) is 11.8 Å². The van der Waals surface area contributed by atoms with Crippen molar-refractivity contribution in [3.05, 3.63) is 65.7 Å². The molecule has 0 aromatic heterocycles. The molecule has 4 N–H and O–H groups in total. The van der Waals surface area contributed by atoms with E-state index in [0.29, 0.717) is 11.4 Å². The second-order valence-corrected chi connectivity index (χ2v) is 8.17. The fourth-order valence-corrected chi connectivity index (χ4v) is 3.81. The van der Waals surface area contributed by atoms with Crippen molar-refractivity contribution in [2.75, 3.05) is 31.2 Å². The molecular formula is C24H30N4O2. The van der Waals surface area contributed by atoms with Gasteiger partial charge in [-0.05, 0) is 50.2 Å². The summed E-state index contributed by atoms with van der Waals surface area (Å²) in [5, 5.41) is 5.82. The predicted molar refractivity (Wildman–Crippen MR) is 122 cm³/mol. The van der Waals surface area contributed by atoms with E-state index in [1.807, 2.05) is 57.3 Å². The Hall–Kier alpha value is -3.12. The van der Waals surface area contributed by atoms with E-state index in [4.69, 9.17) is 5.73 Å². The van der Waals surface area contributed by atoms with E-state index in [2.05, 4.69) is 15.5 Å². The number of nitrogens with two attached hydrogens (primary N) is 1. The number of nitrogens with one attached hydrogen (secondary N) is 2. The van der Waals surface area contributed by atoms with Crippen LogP contribution in [0.15, 0.2) is 54.6 Å². The van der Waals surface area contributed by atoms with Gasteiger partial charge < -0.3 is 21.3 Å². The van der Waals surface area contributed by atoms with Gasteiger partial charge in [0.25, 0.3) is 0 Å². The number of likely N-dealkylation sites (N-methyl/N-ethyl adjacent to an activating group) is 1. The number of nitrogen functional groups attached to an aromatic ring is 1. The Morgan fingerprint density at radius 2 is 1.80 bits per heavy atom. The zero-order valence-electron chi connectivity index (χ0n) is 17.8. The molecule has 2 amide bonds. The number of para-hydroxylation sites is 2. The molecule has 2 atom stereocenters. The number of rotatable bonds is 6. The van der Waals surface area contributed by atoms with Crippen LogP contribution in [0.3, 0.4) is 0 Å². The first kappa shape index (κ1) is 21.6. The van der Waals surface area contributed by atoms with Crippen LogP contribution < -0.4 is 16.4 Å². The van der Waals surface area contributed by atoms with Crippen molar-refractivity contribution >= 4 is 29.3 Å². The molecule has 0 unspecified atom stereocenters. The van der Waals surface area contributed by atoms with Gasteiger partial charge in [-0.1, -0.05) is 36.4 Å². The molecule has 2 aromatic carbocycles. The van der Waals surface area contributed by atoms with E-state index in [1.165, 1.54) is 6.08 Å². The lowest BCUT2D eigenvalue weighted by Gasteiger charge is -2.20. The maximum absolute atomic E-state index is 12.6. The van der Waals surface area contributed by atoms with Gasteiger partial charge in [0.05, 0.1) is 17.3 Å². The number of carbonyl (C=O) groups is 2. The molecule has 0 aliphatic carbocycles. The Morgan fingerprint density at radius 1 is 1.10 bits per heavy atom. The standard InChI is InChI=1S/C24H30N4O2/c1-16(2)26-24(30)20-15-28(3)14-19(20)18-11-8-17(9-12-18)10-13-23(29)27-22-7-5-4-6-21(22)25/h4-13,16,19-20H,14-15,25H2,1-3H3,(H,26,30)(H,27,29)/b13-10+/t19-,20+/m1/s1. The first-order valence-electron chi connectivity index (χ1n) is 10.3. The van der Waals surface area contributed by atoms with Crippen LogP contribution in [-0.4, -0.2) is 42.9 Å². The number of likely N-dealkylation sites (tertiary alicyclic amines) is 1. The number of hydrogen-bond donors (Lipinski definition) is 3. The summed E-state index contributed by atoms with van der Waals surface area (Å²) >= 11 is 0. The lowest BCUT2D eigenvalue weighted by Crippen LogP contribution is -2.38. The fraction of sp³-hybridized carbons (Fsp3) is 0.333. The third-order valence-electron chi connectivity index (χ3n) is 5.28. The van der Waals surface area contributed by atoms with Gasteiger partial charge >= 0.3 is 0 Å². The molecule has 0 bridgehead atoms. The lowest BCUT2D eigenvalue weighted by atomic mass is 9.87. The van der Waals surface area contributed by atoms with Gasteiger partial charge in [0, 0.05) is 31.1 Å². The molecule has 1 saturated heterocycles. The minimum absolute atomic E-state index is 0.0547. The second-order valence-electron chi connectivity index (χ2n) is 8.17. The number of anilines is 2. The summed E-state index contributed by atoms with van der Waals surface area (Å²) in [4.78, 5) is 27.0. The first-order chi connectivity index (χ1) is 14.3. The fourth-order valence-electron chi connectivity index (χ4n) is 3.81. The van der Waals surface area contributed by atoms with Gasteiger partial charge in [-0.15, -0.1) is 0 Å². The van der Waals surface area contributed by atoms with Crippen molar-refractivity contribution in [3.63, 3.8) is 0 Å². The summed E-state index contributed by atoms with van der Waals surface area (Å²) in [6.45, 7) is 5.57.